The molecule has 0 bridgehead atoms. The zero-order chi connectivity index (χ0) is 32.8. The van der Waals surface area contributed by atoms with Crippen LogP contribution in [0.2, 0.25) is 0 Å². The molecule has 1 atom stereocenters. The molecule has 5 rings (SSSR count). The van der Waals surface area contributed by atoms with Gasteiger partial charge in [-0.05, 0) is 72.7 Å². The molecule has 0 fully saturated rings. The van der Waals surface area contributed by atoms with E-state index in [2.05, 4.69) is 19.9 Å². The summed E-state index contributed by atoms with van der Waals surface area (Å²) in [7, 11) is 1.51. The summed E-state index contributed by atoms with van der Waals surface area (Å²) in [6.45, 7) is 7.94. The second-order valence-corrected chi connectivity index (χ2v) is 11.8. The first-order chi connectivity index (χ1) is 22.3. The zero-order valence-electron chi connectivity index (χ0n) is 26.9. The second-order valence-electron chi connectivity index (χ2n) is 11.8. The van der Waals surface area contributed by atoms with Gasteiger partial charge in [0.05, 0.1) is 23.9 Å². The van der Waals surface area contributed by atoms with E-state index >= 15 is 0 Å². The number of hydrogen-bond acceptors (Lipinski definition) is 5. The van der Waals surface area contributed by atoms with Gasteiger partial charge in [-0.2, -0.15) is 15.0 Å². The average molecular weight is 622 g/mol. The van der Waals surface area contributed by atoms with Gasteiger partial charge < -0.3 is 14.5 Å². The Morgan fingerprint density at radius 1 is 1.00 bits per heavy atom. The highest BCUT2D eigenvalue weighted by Gasteiger charge is 2.31. The molecular formula is C37H40FN5O3. The monoisotopic (exact) mass is 621 g/mol. The van der Waals surface area contributed by atoms with E-state index in [0.29, 0.717) is 47.9 Å². The number of nitriles is 1. The molecule has 0 spiro atoms. The summed E-state index contributed by atoms with van der Waals surface area (Å²) in [5, 5.41) is 14.1. The number of unbranched alkanes of at least 4 members (excludes halogenated alkanes) is 2. The van der Waals surface area contributed by atoms with E-state index in [0.717, 1.165) is 37.7 Å². The van der Waals surface area contributed by atoms with Gasteiger partial charge in [0, 0.05) is 31.7 Å². The number of carbonyl (C=O) groups is 2. The summed E-state index contributed by atoms with van der Waals surface area (Å²) in [4.78, 5) is 31.9. The van der Waals surface area contributed by atoms with Gasteiger partial charge in [0.15, 0.2) is 5.69 Å². The number of fused-ring (bicyclic) bond motifs is 1. The molecule has 9 heteroatoms. The van der Waals surface area contributed by atoms with E-state index in [1.807, 2.05) is 41.0 Å². The fraction of sp³-hybridized carbons (Fsp3) is 0.351. The topological polar surface area (TPSA) is 91.5 Å². The first-order valence-electron chi connectivity index (χ1n) is 15.9. The van der Waals surface area contributed by atoms with Gasteiger partial charge in [-0.25, -0.2) is 4.39 Å². The van der Waals surface area contributed by atoms with Crippen molar-refractivity contribution < 1.29 is 18.7 Å². The van der Waals surface area contributed by atoms with Crippen LogP contribution in [0, 0.1) is 17.1 Å². The number of benzene rings is 3. The van der Waals surface area contributed by atoms with E-state index < -0.39 is 5.82 Å². The van der Waals surface area contributed by atoms with Crippen molar-refractivity contribution in [3.8, 4) is 28.8 Å². The van der Waals surface area contributed by atoms with E-state index in [1.54, 1.807) is 30.3 Å². The number of halogens is 1. The highest BCUT2D eigenvalue weighted by atomic mass is 19.1. The maximum atomic E-state index is 14.5. The van der Waals surface area contributed by atoms with Gasteiger partial charge in [0.2, 0.25) is 5.88 Å². The van der Waals surface area contributed by atoms with Crippen LogP contribution in [-0.2, 0) is 13.0 Å². The molecule has 1 aliphatic rings. The van der Waals surface area contributed by atoms with Crippen molar-refractivity contribution in [2.24, 2.45) is 0 Å². The summed E-state index contributed by atoms with van der Waals surface area (Å²) in [5.41, 5.74) is 4.51. The number of ether oxygens (including phenoxy) is 1. The SMILES string of the molecule is CCCCN(CCCC)C(=O)c1cc(OC)n(-c2ccc(-c3ccc(F)c(C#N)c3)cc2C(=O)N2Cc3ccccc3CC2C)n1. The Morgan fingerprint density at radius 3 is 2.35 bits per heavy atom. The average Bonchev–Trinajstić information content (AvgIpc) is 3.52. The Bertz CT molecular complexity index is 1770. The molecule has 0 aliphatic carbocycles. The van der Waals surface area contributed by atoms with Gasteiger partial charge in [-0.3, -0.25) is 9.59 Å². The predicted octanol–water partition coefficient (Wildman–Crippen LogP) is 7.19. The third kappa shape index (κ3) is 6.66. The molecule has 2 amide bonds. The molecule has 0 saturated heterocycles. The van der Waals surface area contributed by atoms with Crippen LogP contribution in [0.15, 0.2) is 66.7 Å². The van der Waals surface area contributed by atoms with Gasteiger partial charge in [-0.15, -0.1) is 0 Å². The van der Waals surface area contributed by atoms with Crippen molar-refractivity contribution in [1.82, 2.24) is 19.6 Å². The molecule has 2 heterocycles. The van der Waals surface area contributed by atoms with Crippen molar-refractivity contribution in [2.45, 2.75) is 65.5 Å². The van der Waals surface area contributed by atoms with Crippen molar-refractivity contribution in [1.29, 1.82) is 5.26 Å². The quantitative estimate of drug-likeness (QED) is 0.177. The smallest absolute Gasteiger partial charge is 0.274 e. The fourth-order valence-electron chi connectivity index (χ4n) is 5.93. The number of aromatic nitrogens is 2. The zero-order valence-corrected chi connectivity index (χ0v) is 26.9. The van der Waals surface area contributed by atoms with Crippen molar-refractivity contribution >= 4 is 11.8 Å². The number of methoxy groups -OCH3 is 1. The molecular weight excluding hydrogens is 581 g/mol. The van der Waals surface area contributed by atoms with Crippen LogP contribution < -0.4 is 4.74 Å². The number of nitrogens with zero attached hydrogens (tertiary/aromatic N) is 5. The van der Waals surface area contributed by atoms with Crippen molar-refractivity contribution in [2.75, 3.05) is 20.2 Å². The molecule has 0 radical (unpaired) electrons. The summed E-state index contributed by atoms with van der Waals surface area (Å²) in [6, 6.07) is 21.2. The minimum Gasteiger partial charge on any atom is -0.481 e. The standard InChI is InChI=1S/C37H40FN5O3/c1-5-7-17-41(18-8-6-2)37(45)33-22-35(46-4)43(40-33)34-16-14-28(27-13-15-32(38)30(20-27)23-39)21-31(34)36(44)42-24-29-12-10-9-11-26(29)19-25(42)3/h9-16,20-22,25H,5-8,17-19,24H2,1-4H3. The Hall–Kier alpha value is -4.97. The lowest BCUT2D eigenvalue weighted by molar-refractivity contribution is 0.0657. The van der Waals surface area contributed by atoms with Crippen LogP contribution in [0.4, 0.5) is 4.39 Å². The normalized spacial score (nSPS) is 14.0. The molecule has 1 aromatic heterocycles. The third-order valence-electron chi connectivity index (χ3n) is 8.60. The van der Waals surface area contributed by atoms with E-state index in [4.69, 9.17) is 9.84 Å². The van der Waals surface area contributed by atoms with Crippen LogP contribution in [-0.4, -0.2) is 57.6 Å². The Balaban J connectivity index is 1.61. The number of amides is 2. The van der Waals surface area contributed by atoms with Crippen LogP contribution in [0.5, 0.6) is 5.88 Å². The number of rotatable bonds is 11. The maximum absolute atomic E-state index is 14.5. The molecule has 0 saturated carbocycles. The van der Waals surface area contributed by atoms with Gasteiger partial charge in [-0.1, -0.05) is 63.1 Å². The highest BCUT2D eigenvalue weighted by Crippen LogP contribution is 2.32. The molecule has 8 nitrogen and oxygen atoms in total. The van der Waals surface area contributed by atoms with Gasteiger partial charge in [0.25, 0.3) is 11.8 Å². The van der Waals surface area contributed by atoms with Crippen molar-refractivity contribution in [3.05, 3.63) is 100 Å². The van der Waals surface area contributed by atoms with E-state index in [9.17, 15) is 19.2 Å². The number of carbonyl (C=O) groups excluding carboxylic acids is 2. The minimum atomic E-state index is -0.606. The Kier molecular flexibility index (Phi) is 10.2. The first-order valence-corrected chi connectivity index (χ1v) is 15.9. The van der Waals surface area contributed by atoms with Crippen molar-refractivity contribution in [3.63, 3.8) is 0 Å². The van der Waals surface area contributed by atoms with E-state index in [-0.39, 0.29) is 29.1 Å². The lowest BCUT2D eigenvalue weighted by Gasteiger charge is -2.35. The molecule has 3 aromatic carbocycles. The first kappa shape index (κ1) is 32.4. The largest absolute Gasteiger partial charge is 0.481 e. The molecule has 46 heavy (non-hydrogen) atoms. The molecule has 1 unspecified atom stereocenters. The van der Waals surface area contributed by atoms with Crippen LogP contribution in [0.3, 0.4) is 0 Å². The molecule has 238 valence electrons. The third-order valence-corrected chi connectivity index (χ3v) is 8.60. The summed E-state index contributed by atoms with van der Waals surface area (Å²) >= 11 is 0. The molecule has 0 N–H and O–H groups in total. The second kappa shape index (κ2) is 14.4. The summed E-state index contributed by atoms with van der Waals surface area (Å²) in [5.74, 6) is -0.675. The van der Waals surface area contributed by atoms with Crippen LogP contribution in [0.1, 0.15) is 84.0 Å². The maximum Gasteiger partial charge on any atom is 0.274 e. The summed E-state index contributed by atoms with van der Waals surface area (Å²) < 4.78 is 21.4. The predicted molar refractivity (Wildman–Crippen MR) is 175 cm³/mol. The Morgan fingerprint density at radius 2 is 1.67 bits per heavy atom. The Labute approximate surface area is 270 Å². The summed E-state index contributed by atoms with van der Waals surface area (Å²) in [6.07, 6.45) is 4.43. The lowest BCUT2D eigenvalue weighted by atomic mass is 9.93. The van der Waals surface area contributed by atoms with Gasteiger partial charge >= 0.3 is 0 Å². The van der Waals surface area contributed by atoms with Gasteiger partial charge in [0.1, 0.15) is 11.9 Å². The highest BCUT2D eigenvalue weighted by molar-refractivity contribution is 6.00. The minimum absolute atomic E-state index is 0.0720. The van der Waals surface area contributed by atoms with E-state index in [1.165, 1.54) is 29.5 Å². The van der Waals surface area contributed by atoms with Crippen LogP contribution >= 0.6 is 0 Å². The number of hydrogen-bond donors (Lipinski definition) is 0. The fourth-order valence-corrected chi connectivity index (χ4v) is 5.93. The molecule has 4 aromatic rings. The lowest BCUT2D eigenvalue weighted by Crippen LogP contribution is -2.43. The molecule has 1 aliphatic heterocycles. The van der Waals surface area contributed by atoms with Crippen LogP contribution in [0.25, 0.3) is 16.8 Å².